The van der Waals surface area contributed by atoms with E-state index in [1.807, 2.05) is 26.8 Å². The molecule has 7 nitrogen and oxygen atoms in total. The van der Waals surface area contributed by atoms with Gasteiger partial charge in [0.15, 0.2) is 0 Å². The van der Waals surface area contributed by atoms with Crippen molar-refractivity contribution in [2.24, 2.45) is 0 Å². The van der Waals surface area contributed by atoms with Crippen molar-refractivity contribution in [3.05, 3.63) is 23.0 Å². The number of fused-ring (bicyclic) bond motifs is 1. The van der Waals surface area contributed by atoms with E-state index in [-0.39, 0.29) is 17.7 Å². The highest BCUT2D eigenvalue weighted by atomic mass is 16.5. The normalized spacial score (nSPS) is 15.4. The topological polar surface area (TPSA) is 79.5 Å². The molecule has 1 saturated heterocycles. The zero-order valence-corrected chi connectivity index (χ0v) is 14.5. The number of hydrogen-bond donors (Lipinski definition) is 0. The van der Waals surface area contributed by atoms with Crippen molar-refractivity contribution in [2.45, 2.75) is 33.6 Å². The molecular formula is C17H22N4O3. The fourth-order valence-corrected chi connectivity index (χ4v) is 2.97. The predicted octanol–water partition coefficient (Wildman–Crippen LogP) is 1.96. The lowest BCUT2D eigenvalue weighted by Gasteiger charge is -2.34. The number of rotatable bonds is 2. The summed E-state index contributed by atoms with van der Waals surface area (Å²) < 4.78 is 5.28. The second kappa shape index (κ2) is 6.22. The molecule has 1 aliphatic rings. The van der Waals surface area contributed by atoms with Crippen molar-refractivity contribution >= 4 is 22.9 Å². The zero-order valence-electron chi connectivity index (χ0n) is 14.5. The number of nitrogens with zero attached hydrogens (tertiary/aromatic N) is 4. The Kier molecular flexibility index (Phi) is 4.26. The van der Waals surface area contributed by atoms with Crippen molar-refractivity contribution < 1.29 is 14.1 Å². The third-order valence-corrected chi connectivity index (χ3v) is 4.47. The van der Waals surface area contributed by atoms with E-state index >= 15 is 0 Å². The molecule has 128 valence electrons. The van der Waals surface area contributed by atoms with Crippen LogP contribution in [0.4, 0.5) is 0 Å². The quantitative estimate of drug-likeness (QED) is 0.841. The minimum absolute atomic E-state index is 0.0466. The molecule has 0 aliphatic carbocycles. The van der Waals surface area contributed by atoms with Gasteiger partial charge in [0.25, 0.3) is 11.6 Å². The third kappa shape index (κ3) is 2.86. The number of amides is 2. The van der Waals surface area contributed by atoms with E-state index in [9.17, 15) is 9.59 Å². The lowest BCUT2D eigenvalue weighted by molar-refractivity contribution is -0.130. The fraction of sp³-hybridized carbons (Fsp3) is 0.529. The summed E-state index contributed by atoms with van der Waals surface area (Å²) >= 11 is 0. The Bertz CT molecular complexity index is 788. The molecular weight excluding hydrogens is 308 g/mol. The van der Waals surface area contributed by atoms with Gasteiger partial charge in [-0.3, -0.25) is 9.59 Å². The molecule has 1 fully saturated rings. The summed E-state index contributed by atoms with van der Waals surface area (Å²) in [7, 11) is 0. The fourth-order valence-electron chi connectivity index (χ4n) is 2.97. The van der Waals surface area contributed by atoms with Crippen LogP contribution in [0.3, 0.4) is 0 Å². The Hall–Kier alpha value is -2.44. The molecule has 3 rings (SSSR count). The van der Waals surface area contributed by atoms with Crippen molar-refractivity contribution in [1.29, 1.82) is 0 Å². The summed E-state index contributed by atoms with van der Waals surface area (Å²) in [5.41, 5.74) is 2.46. The molecule has 0 bridgehead atoms. The summed E-state index contributed by atoms with van der Waals surface area (Å²) in [5.74, 6) is 0.171. The van der Waals surface area contributed by atoms with Gasteiger partial charge in [-0.05, 0) is 18.9 Å². The number of pyridine rings is 1. The molecule has 0 radical (unpaired) electrons. The van der Waals surface area contributed by atoms with Crippen LogP contribution in [0.2, 0.25) is 0 Å². The van der Waals surface area contributed by atoms with Gasteiger partial charge < -0.3 is 14.3 Å². The first kappa shape index (κ1) is 16.4. The lowest BCUT2D eigenvalue weighted by atomic mass is 10.0. The van der Waals surface area contributed by atoms with E-state index in [2.05, 4.69) is 10.1 Å². The Balaban J connectivity index is 1.95. The first-order valence-corrected chi connectivity index (χ1v) is 8.20. The van der Waals surface area contributed by atoms with Crippen molar-refractivity contribution in [1.82, 2.24) is 19.9 Å². The van der Waals surface area contributed by atoms with Gasteiger partial charge in [0.1, 0.15) is 0 Å². The van der Waals surface area contributed by atoms with Crippen LogP contribution in [-0.4, -0.2) is 57.9 Å². The van der Waals surface area contributed by atoms with Crippen LogP contribution < -0.4 is 0 Å². The minimum Gasteiger partial charge on any atom is -0.339 e. The molecule has 0 aromatic carbocycles. The molecule has 0 N–H and O–H groups in total. The Labute approximate surface area is 140 Å². The van der Waals surface area contributed by atoms with Crippen LogP contribution in [0.15, 0.2) is 10.6 Å². The first-order chi connectivity index (χ1) is 11.4. The van der Waals surface area contributed by atoms with E-state index in [1.54, 1.807) is 16.7 Å². The summed E-state index contributed by atoms with van der Waals surface area (Å²) in [4.78, 5) is 32.5. The number of carbonyl (C=O) groups is 2. The van der Waals surface area contributed by atoms with Crippen molar-refractivity contribution in [3.63, 3.8) is 0 Å². The van der Waals surface area contributed by atoms with Gasteiger partial charge in [-0.15, -0.1) is 0 Å². The van der Waals surface area contributed by atoms with Gasteiger partial charge in [-0.25, -0.2) is 4.98 Å². The highest BCUT2D eigenvalue weighted by Crippen LogP contribution is 2.26. The largest absolute Gasteiger partial charge is 0.339 e. The van der Waals surface area contributed by atoms with Crippen LogP contribution in [0, 0.1) is 6.92 Å². The molecule has 1 aliphatic heterocycles. The Morgan fingerprint density at radius 1 is 1.17 bits per heavy atom. The Morgan fingerprint density at radius 3 is 2.38 bits per heavy atom. The molecule has 2 aromatic rings. The van der Waals surface area contributed by atoms with Crippen LogP contribution in [-0.2, 0) is 4.79 Å². The van der Waals surface area contributed by atoms with Gasteiger partial charge in [0.05, 0.1) is 16.6 Å². The van der Waals surface area contributed by atoms with E-state index in [4.69, 9.17) is 4.52 Å². The van der Waals surface area contributed by atoms with Crippen LogP contribution >= 0.6 is 0 Å². The second-order valence-electron chi connectivity index (χ2n) is 6.50. The summed E-state index contributed by atoms with van der Waals surface area (Å²) in [6.07, 6.45) is 0. The molecule has 24 heavy (non-hydrogen) atoms. The van der Waals surface area contributed by atoms with E-state index in [0.29, 0.717) is 48.5 Å². The second-order valence-corrected chi connectivity index (χ2v) is 6.50. The standard InChI is InChI=1S/C17H22N4O3/c1-10(2)14-9-13(15-11(3)19-24-16(15)18-14)17(23)21-7-5-20(6-8-21)12(4)22/h9-10H,5-8H2,1-4H3. The predicted molar refractivity (Wildman–Crippen MR) is 88.8 cm³/mol. The summed E-state index contributed by atoms with van der Waals surface area (Å²) in [6, 6.07) is 1.84. The van der Waals surface area contributed by atoms with Crippen molar-refractivity contribution in [2.75, 3.05) is 26.2 Å². The molecule has 0 atom stereocenters. The van der Waals surface area contributed by atoms with Gasteiger partial charge in [0.2, 0.25) is 5.91 Å². The average Bonchev–Trinajstić information content (AvgIpc) is 2.94. The van der Waals surface area contributed by atoms with Gasteiger partial charge in [-0.2, -0.15) is 0 Å². The molecule has 0 spiro atoms. The smallest absolute Gasteiger partial charge is 0.259 e. The first-order valence-electron chi connectivity index (χ1n) is 8.20. The molecule has 3 heterocycles. The SMILES string of the molecule is CC(=O)N1CCN(C(=O)c2cc(C(C)C)nc3onc(C)c23)CC1. The summed E-state index contributed by atoms with van der Waals surface area (Å²) in [5, 5.41) is 4.64. The minimum atomic E-state index is -0.0567. The molecule has 7 heteroatoms. The molecule has 2 aromatic heterocycles. The van der Waals surface area contributed by atoms with E-state index in [0.717, 1.165) is 5.69 Å². The van der Waals surface area contributed by atoms with Gasteiger partial charge in [-0.1, -0.05) is 19.0 Å². The maximum atomic E-state index is 13.0. The molecule has 0 unspecified atom stereocenters. The van der Waals surface area contributed by atoms with Gasteiger partial charge in [0, 0.05) is 38.8 Å². The Morgan fingerprint density at radius 2 is 1.79 bits per heavy atom. The van der Waals surface area contributed by atoms with Crippen LogP contribution in [0.1, 0.15) is 48.4 Å². The average molecular weight is 330 g/mol. The molecule has 2 amide bonds. The maximum absolute atomic E-state index is 13.0. The number of hydrogen-bond acceptors (Lipinski definition) is 5. The van der Waals surface area contributed by atoms with Crippen LogP contribution in [0.5, 0.6) is 0 Å². The number of aryl methyl sites for hydroxylation is 1. The molecule has 0 saturated carbocycles. The highest BCUT2D eigenvalue weighted by Gasteiger charge is 2.27. The highest BCUT2D eigenvalue weighted by molar-refractivity contribution is 6.06. The monoisotopic (exact) mass is 330 g/mol. The van der Waals surface area contributed by atoms with Gasteiger partial charge >= 0.3 is 0 Å². The number of aromatic nitrogens is 2. The van der Waals surface area contributed by atoms with Crippen molar-refractivity contribution in [3.8, 4) is 0 Å². The van der Waals surface area contributed by atoms with E-state index < -0.39 is 0 Å². The maximum Gasteiger partial charge on any atom is 0.259 e. The summed E-state index contributed by atoms with van der Waals surface area (Å²) in [6.45, 7) is 9.61. The third-order valence-electron chi connectivity index (χ3n) is 4.47. The zero-order chi connectivity index (χ0) is 17.4. The number of carbonyl (C=O) groups excluding carboxylic acids is 2. The lowest BCUT2D eigenvalue weighted by Crippen LogP contribution is -2.50. The number of piperazine rings is 1. The van der Waals surface area contributed by atoms with Crippen LogP contribution in [0.25, 0.3) is 11.1 Å². The van der Waals surface area contributed by atoms with E-state index in [1.165, 1.54) is 0 Å².